The Kier molecular flexibility index (Phi) is 10.6. The smallest absolute Gasteiger partial charge is 0.744 e. The number of methoxy groups -OCH3 is 2. The van der Waals surface area contributed by atoms with Crippen LogP contribution in [0.1, 0.15) is 20.7 Å². The average Bonchev–Trinajstić information content (AvgIpc) is 2.66. The van der Waals surface area contributed by atoms with Gasteiger partial charge in [-0.05, 0) is 48.5 Å². The third-order valence-corrected chi connectivity index (χ3v) is 4.83. The summed E-state index contributed by atoms with van der Waals surface area (Å²) in [5.74, 6) is -1.17. The van der Waals surface area contributed by atoms with Crippen LogP contribution in [-0.4, -0.2) is 52.1 Å². The Morgan fingerprint density at radius 1 is 0.655 bits per heavy atom. The summed E-state index contributed by atoms with van der Waals surface area (Å²) in [6, 6.07) is 9.13. The fourth-order valence-electron chi connectivity index (χ4n) is 1.75. The van der Waals surface area contributed by atoms with Crippen molar-refractivity contribution in [1.29, 1.82) is 0 Å². The molecule has 10 nitrogen and oxygen atoms in total. The van der Waals surface area contributed by atoms with E-state index < -0.39 is 32.2 Å². The number of rotatable bonds is 4. The van der Waals surface area contributed by atoms with Crippen molar-refractivity contribution < 1.29 is 72.3 Å². The molecule has 0 saturated heterocycles. The molecule has 0 radical (unpaired) electrons. The van der Waals surface area contributed by atoms with Crippen molar-refractivity contribution in [2.45, 2.75) is 9.79 Å². The van der Waals surface area contributed by atoms with Crippen LogP contribution >= 0.6 is 0 Å². The molecule has 0 aliphatic carbocycles. The van der Waals surface area contributed by atoms with Crippen molar-refractivity contribution >= 4 is 32.2 Å². The van der Waals surface area contributed by atoms with Crippen LogP contribution in [0.2, 0.25) is 0 Å². The molecule has 0 fully saturated rings. The van der Waals surface area contributed by atoms with Crippen LogP contribution in [0.4, 0.5) is 0 Å². The molecule has 13 heteroatoms. The minimum absolute atomic E-state index is 0. The van der Waals surface area contributed by atoms with Crippen LogP contribution in [-0.2, 0) is 57.0 Å². The van der Waals surface area contributed by atoms with Crippen molar-refractivity contribution in [1.82, 2.24) is 0 Å². The second-order valence-electron chi connectivity index (χ2n) is 4.94. The molecule has 0 unspecified atom stereocenters. The van der Waals surface area contributed by atoms with Gasteiger partial charge in [0, 0.05) is 0 Å². The topological polar surface area (TPSA) is 167 Å². The first-order valence-corrected chi connectivity index (χ1v) is 10.0. The molecule has 2 aromatic carbocycles. The fraction of sp³-hybridized carbons (Fsp3) is 0.125. The van der Waals surface area contributed by atoms with Gasteiger partial charge in [0.05, 0.1) is 35.1 Å². The first-order valence-electron chi connectivity index (χ1n) is 7.18. The Morgan fingerprint density at radius 3 is 1.07 bits per heavy atom. The minimum atomic E-state index is -4.45. The molecular formula is C16H14CdO10S2. The van der Waals surface area contributed by atoms with Crippen LogP contribution in [0.15, 0.2) is 58.3 Å². The van der Waals surface area contributed by atoms with Gasteiger partial charge in [-0.1, -0.05) is 0 Å². The Balaban J connectivity index is 0.000000523. The van der Waals surface area contributed by atoms with E-state index in [0.29, 0.717) is 0 Å². The molecule has 0 saturated carbocycles. The summed E-state index contributed by atoms with van der Waals surface area (Å²) >= 11 is 0. The first-order chi connectivity index (χ1) is 12.9. The van der Waals surface area contributed by atoms with Crippen LogP contribution in [0.25, 0.3) is 0 Å². The third-order valence-electron chi connectivity index (χ3n) is 3.13. The Bertz CT molecular complexity index is 956. The Morgan fingerprint density at radius 2 is 0.897 bits per heavy atom. The molecule has 2 rings (SSSR count). The number of carbonyl (C=O) groups excluding carboxylic acids is 2. The standard InChI is InChI=1S/2C8H8O5S.Cd/c2*1-13-8(9)6-2-4-7(5-3-6)14(10,11)12;/h2*2-5H,1H3,(H,10,11,12);/q;;+2/p-2. The minimum Gasteiger partial charge on any atom is -0.744 e. The molecule has 0 aliphatic rings. The maximum absolute atomic E-state index is 10.9. The van der Waals surface area contributed by atoms with Gasteiger partial charge < -0.3 is 18.6 Å². The van der Waals surface area contributed by atoms with E-state index in [1.807, 2.05) is 0 Å². The number of ether oxygens (including phenoxy) is 2. The quantitative estimate of drug-likeness (QED) is 0.305. The van der Waals surface area contributed by atoms with Crippen molar-refractivity contribution in [3.8, 4) is 0 Å². The van der Waals surface area contributed by atoms with E-state index >= 15 is 0 Å². The normalized spacial score (nSPS) is 10.6. The van der Waals surface area contributed by atoms with Crippen molar-refractivity contribution in [3.05, 3.63) is 59.7 Å². The number of carbonyl (C=O) groups is 2. The van der Waals surface area contributed by atoms with E-state index in [2.05, 4.69) is 9.47 Å². The largest absolute Gasteiger partial charge is 2.00 e. The zero-order valence-corrected chi connectivity index (χ0v) is 20.9. The molecule has 0 spiro atoms. The van der Waals surface area contributed by atoms with Gasteiger partial charge in [-0.3, -0.25) is 0 Å². The van der Waals surface area contributed by atoms with Gasteiger partial charge in [0.15, 0.2) is 0 Å². The Hall–Kier alpha value is -1.88. The van der Waals surface area contributed by atoms with E-state index in [0.717, 1.165) is 24.3 Å². The van der Waals surface area contributed by atoms with Gasteiger partial charge in [0.2, 0.25) is 0 Å². The van der Waals surface area contributed by atoms with Crippen molar-refractivity contribution in [2.75, 3.05) is 14.2 Å². The third kappa shape index (κ3) is 8.57. The molecule has 29 heavy (non-hydrogen) atoms. The zero-order chi connectivity index (χ0) is 21.5. The second-order valence-corrected chi connectivity index (χ2v) is 7.70. The van der Waals surface area contributed by atoms with Gasteiger partial charge in [0.1, 0.15) is 20.2 Å². The molecule has 0 N–H and O–H groups in total. The average molecular weight is 543 g/mol. The molecule has 0 bridgehead atoms. The fourth-order valence-corrected chi connectivity index (χ4v) is 2.69. The number of hydrogen-bond acceptors (Lipinski definition) is 10. The molecular weight excluding hydrogens is 529 g/mol. The van der Waals surface area contributed by atoms with Crippen LogP contribution in [0, 0.1) is 0 Å². The molecule has 0 aromatic heterocycles. The van der Waals surface area contributed by atoms with Crippen molar-refractivity contribution in [2.24, 2.45) is 0 Å². The van der Waals surface area contributed by atoms with Gasteiger partial charge in [0.25, 0.3) is 0 Å². The monoisotopic (exact) mass is 544 g/mol. The summed E-state index contributed by atoms with van der Waals surface area (Å²) in [6.07, 6.45) is 0. The summed E-state index contributed by atoms with van der Waals surface area (Å²) in [6.45, 7) is 0. The van der Waals surface area contributed by atoms with Crippen molar-refractivity contribution in [3.63, 3.8) is 0 Å². The maximum Gasteiger partial charge on any atom is 2.00 e. The predicted octanol–water partition coefficient (Wildman–Crippen LogP) is 0.752. The Labute approximate surface area is 187 Å². The van der Waals surface area contributed by atoms with Gasteiger partial charge in [-0.15, -0.1) is 0 Å². The number of benzene rings is 2. The van der Waals surface area contributed by atoms with Crippen LogP contribution < -0.4 is 0 Å². The first kappa shape index (κ1) is 27.1. The van der Waals surface area contributed by atoms with E-state index in [1.54, 1.807) is 0 Å². The molecule has 152 valence electrons. The molecule has 0 atom stereocenters. The summed E-state index contributed by atoms with van der Waals surface area (Å²) in [5, 5.41) is 0. The van der Waals surface area contributed by atoms with Gasteiger partial charge in [-0.25, -0.2) is 26.4 Å². The van der Waals surface area contributed by atoms with Crippen LogP contribution in [0.3, 0.4) is 0 Å². The van der Waals surface area contributed by atoms with E-state index in [4.69, 9.17) is 0 Å². The summed E-state index contributed by atoms with van der Waals surface area (Å²) < 4.78 is 71.9. The number of esters is 2. The molecule has 0 heterocycles. The molecule has 0 amide bonds. The summed E-state index contributed by atoms with van der Waals surface area (Å²) in [7, 11) is -6.49. The molecule has 2 aromatic rings. The van der Waals surface area contributed by atoms with Gasteiger partial charge in [-0.2, -0.15) is 0 Å². The van der Waals surface area contributed by atoms with E-state index in [-0.39, 0.29) is 48.2 Å². The van der Waals surface area contributed by atoms with E-state index in [1.165, 1.54) is 38.5 Å². The summed E-state index contributed by atoms with van der Waals surface area (Å²) in [4.78, 5) is 21.1. The predicted molar refractivity (Wildman–Crippen MR) is 91.5 cm³/mol. The SMILES string of the molecule is COC(=O)c1ccc(S(=O)(=O)[O-])cc1.COC(=O)c1ccc(S(=O)(=O)[O-])cc1.[Cd+2]. The zero-order valence-electron chi connectivity index (χ0n) is 15.2. The molecule has 0 aliphatic heterocycles. The van der Waals surface area contributed by atoms with Crippen LogP contribution in [0.5, 0.6) is 0 Å². The van der Waals surface area contributed by atoms with E-state index in [9.17, 15) is 35.5 Å². The summed E-state index contributed by atoms with van der Waals surface area (Å²) in [5.41, 5.74) is 0.389. The van der Waals surface area contributed by atoms with Gasteiger partial charge >= 0.3 is 39.2 Å². The maximum atomic E-state index is 10.9. The number of hydrogen-bond donors (Lipinski definition) is 0. The second kappa shape index (κ2) is 11.3.